The number of aliphatic hydroxyl groups excluding tert-OH is 1. The summed E-state index contributed by atoms with van der Waals surface area (Å²) in [5.74, 6) is 0.326. The Labute approximate surface area is 110 Å². The van der Waals surface area contributed by atoms with E-state index in [2.05, 4.69) is 4.74 Å². The quantitative estimate of drug-likeness (QED) is 0.854. The van der Waals surface area contributed by atoms with Crippen molar-refractivity contribution < 1.29 is 19.4 Å². The summed E-state index contributed by atoms with van der Waals surface area (Å²) in [6.07, 6.45) is 0.846. The number of benzene rings is 1. The zero-order valence-corrected chi connectivity index (χ0v) is 11.0. The molecule has 1 N–H and O–H groups in total. The Bertz CT molecular complexity index is 468. The highest BCUT2D eigenvalue weighted by molar-refractivity contribution is 6.31. The van der Waals surface area contributed by atoms with E-state index in [9.17, 15) is 9.90 Å². The fraction of sp³-hybridized carbons (Fsp3) is 0.462. The molecule has 1 unspecified atom stereocenters. The Morgan fingerprint density at radius 2 is 2.11 bits per heavy atom. The molecule has 0 heterocycles. The van der Waals surface area contributed by atoms with Gasteiger partial charge in [0.05, 0.1) is 14.2 Å². The van der Waals surface area contributed by atoms with Crippen LogP contribution in [0, 0.1) is 0 Å². The molecule has 1 aliphatic rings. The molecule has 1 aromatic rings. The highest BCUT2D eigenvalue weighted by Crippen LogP contribution is 2.48. The van der Waals surface area contributed by atoms with Gasteiger partial charge in [-0.2, -0.15) is 0 Å². The van der Waals surface area contributed by atoms with Gasteiger partial charge >= 0.3 is 5.97 Å². The topological polar surface area (TPSA) is 55.8 Å². The van der Waals surface area contributed by atoms with Crippen LogP contribution >= 0.6 is 11.6 Å². The molecule has 98 valence electrons. The average Bonchev–Trinajstić information content (AvgIpc) is 3.19. The first-order chi connectivity index (χ1) is 8.58. The smallest absolute Gasteiger partial charge is 0.339 e. The predicted octanol–water partition coefficient (Wildman–Crippen LogP) is 2.43. The van der Waals surface area contributed by atoms with Gasteiger partial charge in [-0.25, -0.2) is 4.79 Å². The second kappa shape index (κ2) is 5.16. The van der Waals surface area contributed by atoms with E-state index in [1.807, 2.05) is 0 Å². The molecule has 4 nitrogen and oxygen atoms in total. The van der Waals surface area contributed by atoms with Crippen molar-refractivity contribution in [2.24, 2.45) is 0 Å². The summed E-state index contributed by atoms with van der Waals surface area (Å²) in [4.78, 5) is 11.3. The van der Waals surface area contributed by atoms with Crippen LogP contribution < -0.4 is 4.74 Å². The van der Waals surface area contributed by atoms with Crippen molar-refractivity contribution in [3.8, 4) is 5.75 Å². The highest BCUT2D eigenvalue weighted by Gasteiger charge is 2.30. The number of ether oxygens (including phenoxy) is 2. The van der Waals surface area contributed by atoms with Crippen molar-refractivity contribution in [3.05, 3.63) is 28.3 Å². The maximum atomic E-state index is 11.3. The summed E-state index contributed by atoms with van der Waals surface area (Å²) in [6.45, 7) is 0. The molecule has 0 aromatic heterocycles. The zero-order valence-electron chi connectivity index (χ0n) is 10.3. The molecule has 1 aromatic carbocycles. The van der Waals surface area contributed by atoms with Crippen LogP contribution in [-0.2, 0) is 9.53 Å². The van der Waals surface area contributed by atoms with Crippen LogP contribution in [0.25, 0.3) is 0 Å². The first-order valence-electron chi connectivity index (χ1n) is 5.71. The summed E-state index contributed by atoms with van der Waals surface area (Å²) in [5, 5.41) is 10.3. The van der Waals surface area contributed by atoms with E-state index in [0.717, 1.165) is 18.4 Å². The normalized spacial score (nSPS) is 16.2. The van der Waals surface area contributed by atoms with Crippen LogP contribution in [0.15, 0.2) is 12.1 Å². The minimum atomic E-state index is -1.34. The minimum Gasteiger partial charge on any atom is -0.496 e. The monoisotopic (exact) mass is 270 g/mol. The van der Waals surface area contributed by atoms with Crippen LogP contribution in [0.5, 0.6) is 5.75 Å². The lowest BCUT2D eigenvalue weighted by Crippen LogP contribution is -2.13. The highest BCUT2D eigenvalue weighted by atomic mass is 35.5. The van der Waals surface area contributed by atoms with Gasteiger partial charge in [-0.3, -0.25) is 0 Å². The van der Waals surface area contributed by atoms with Crippen LogP contribution in [-0.4, -0.2) is 25.3 Å². The fourth-order valence-corrected chi connectivity index (χ4v) is 2.33. The molecule has 0 radical (unpaired) electrons. The Morgan fingerprint density at radius 1 is 1.44 bits per heavy atom. The zero-order chi connectivity index (χ0) is 13.3. The van der Waals surface area contributed by atoms with Crippen molar-refractivity contribution in [1.29, 1.82) is 0 Å². The summed E-state index contributed by atoms with van der Waals surface area (Å²) in [6, 6.07) is 3.24. The number of hydrogen-bond acceptors (Lipinski definition) is 4. The molecule has 1 aliphatic carbocycles. The molecule has 1 atom stereocenters. The van der Waals surface area contributed by atoms with Gasteiger partial charge in [-0.15, -0.1) is 0 Å². The Hall–Kier alpha value is -1.26. The molecule has 18 heavy (non-hydrogen) atoms. The van der Waals surface area contributed by atoms with Crippen molar-refractivity contribution in [2.45, 2.75) is 24.9 Å². The Kier molecular flexibility index (Phi) is 3.78. The number of esters is 1. The molecule has 5 heteroatoms. The summed E-state index contributed by atoms with van der Waals surface area (Å²) in [5.41, 5.74) is 1.34. The van der Waals surface area contributed by atoms with E-state index in [0.29, 0.717) is 22.3 Å². The number of halogens is 1. The van der Waals surface area contributed by atoms with E-state index >= 15 is 0 Å². The van der Waals surface area contributed by atoms with Gasteiger partial charge in [0.25, 0.3) is 0 Å². The maximum absolute atomic E-state index is 11.3. The molecule has 1 fully saturated rings. The SMILES string of the molecule is COC(=O)C(O)c1cc(Cl)c(C2CC2)c(OC)c1. The van der Waals surface area contributed by atoms with E-state index in [1.165, 1.54) is 7.11 Å². The molecule has 0 bridgehead atoms. The number of rotatable bonds is 4. The van der Waals surface area contributed by atoms with Gasteiger partial charge in [0.15, 0.2) is 6.10 Å². The van der Waals surface area contributed by atoms with Crippen molar-refractivity contribution in [3.63, 3.8) is 0 Å². The molecular formula is C13H15ClO4. The van der Waals surface area contributed by atoms with Gasteiger partial charge < -0.3 is 14.6 Å². The number of aliphatic hydroxyl groups is 1. The minimum absolute atomic E-state index is 0.383. The van der Waals surface area contributed by atoms with Gasteiger partial charge in [-0.05, 0) is 36.5 Å². The third-order valence-electron chi connectivity index (χ3n) is 3.06. The number of carbonyl (C=O) groups is 1. The van der Waals surface area contributed by atoms with E-state index in [-0.39, 0.29) is 0 Å². The summed E-state index contributed by atoms with van der Waals surface area (Å²) in [7, 11) is 2.77. The van der Waals surface area contributed by atoms with Crippen LogP contribution in [0.1, 0.15) is 36.0 Å². The maximum Gasteiger partial charge on any atom is 0.339 e. The van der Waals surface area contributed by atoms with Gasteiger partial charge in [0.1, 0.15) is 5.75 Å². The molecule has 0 aliphatic heterocycles. The first kappa shape index (κ1) is 13.2. The summed E-state index contributed by atoms with van der Waals surface area (Å²) < 4.78 is 9.78. The van der Waals surface area contributed by atoms with Crippen molar-refractivity contribution >= 4 is 17.6 Å². The summed E-state index contributed by atoms with van der Waals surface area (Å²) >= 11 is 6.20. The van der Waals surface area contributed by atoms with E-state index in [4.69, 9.17) is 16.3 Å². The molecule has 1 saturated carbocycles. The number of hydrogen-bond donors (Lipinski definition) is 1. The van der Waals surface area contributed by atoms with Crippen LogP contribution in [0.3, 0.4) is 0 Å². The second-order valence-corrected chi connectivity index (χ2v) is 4.73. The average molecular weight is 271 g/mol. The van der Waals surface area contributed by atoms with E-state index in [1.54, 1.807) is 19.2 Å². The van der Waals surface area contributed by atoms with Crippen LogP contribution in [0.2, 0.25) is 5.02 Å². The predicted molar refractivity (Wildman–Crippen MR) is 67.0 cm³/mol. The Balaban J connectivity index is 2.39. The molecule has 2 rings (SSSR count). The number of carbonyl (C=O) groups excluding carboxylic acids is 1. The second-order valence-electron chi connectivity index (χ2n) is 4.32. The fourth-order valence-electron chi connectivity index (χ4n) is 1.96. The lowest BCUT2D eigenvalue weighted by Gasteiger charge is -2.15. The van der Waals surface area contributed by atoms with Gasteiger partial charge in [0.2, 0.25) is 0 Å². The van der Waals surface area contributed by atoms with Crippen LogP contribution in [0.4, 0.5) is 0 Å². The molecular weight excluding hydrogens is 256 g/mol. The Morgan fingerprint density at radius 3 is 2.61 bits per heavy atom. The molecule has 0 saturated heterocycles. The third kappa shape index (κ3) is 2.44. The van der Waals surface area contributed by atoms with E-state index < -0.39 is 12.1 Å². The lowest BCUT2D eigenvalue weighted by molar-refractivity contribution is -0.150. The molecule has 0 amide bonds. The van der Waals surface area contributed by atoms with Gasteiger partial charge in [-0.1, -0.05) is 11.6 Å². The van der Waals surface area contributed by atoms with Crippen molar-refractivity contribution in [1.82, 2.24) is 0 Å². The third-order valence-corrected chi connectivity index (χ3v) is 3.37. The van der Waals surface area contributed by atoms with Gasteiger partial charge in [0, 0.05) is 10.6 Å². The first-order valence-corrected chi connectivity index (χ1v) is 6.09. The van der Waals surface area contributed by atoms with Crippen molar-refractivity contribution in [2.75, 3.05) is 14.2 Å². The lowest BCUT2D eigenvalue weighted by atomic mass is 10.0. The standard InChI is InChI=1S/C13H15ClO4/c1-17-10-6-8(12(15)13(16)18-2)5-9(14)11(10)7-3-4-7/h5-7,12,15H,3-4H2,1-2H3. The number of methoxy groups -OCH3 is 2. The molecule has 0 spiro atoms. The largest absolute Gasteiger partial charge is 0.496 e.